The molecule has 1 atom stereocenters. The van der Waals surface area contributed by atoms with Crippen LogP contribution < -0.4 is 10.6 Å². The summed E-state index contributed by atoms with van der Waals surface area (Å²) in [6, 6.07) is 9.58. The predicted octanol–water partition coefficient (Wildman–Crippen LogP) is 3.41. The van der Waals surface area contributed by atoms with Crippen molar-refractivity contribution in [2.45, 2.75) is 25.2 Å². The number of anilines is 2. The van der Waals surface area contributed by atoms with Gasteiger partial charge in [-0.1, -0.05) is 6.07 Å². The molecule has 20 heavy (non-hydrogen) atoms. The van der Waals surface area contributed by atoms with Crippen LogP contribution in [0.25, 0.3) is 0 Å². The first kappa shape index (κ1) is 13.2. The third-order valence-corrected chi connectivity index (χ3v) is 4.93. The van der Waals surface area contributed by atoms with Gasteiger partial charge in [0, 0.05) is 23.3 Å². The fourth-order valence-corrected chi connectivity index (χ4v) is 3.82. The van der Waals surface area contributed by atoms with Gasteiger partial charge in [0.25, 0.3) is 0 Å². The normalized spacial score (nSPS) is 17.6. The SMILES string of the molecule is CN(C(=O)C1CCCc2sccc21)c1cccc(N)c1. The number of aryl methyl sites for hydroxylation is 1. The molecular weight excluding hydrogens is 268 g/mol. The van der Waals surface area contributed by atoms with Crippen molar-refractivity contribution in [1.82, 2.24) is 0 Å². The Hall–Kier alpha value is -1.81. The zero-order valence-corrected chi connectivity index (χ0v) is 12.3. The number of benzene rings is 1. The molecule has 0 radical (unpaired) electrons. The van der Waals surface area contributed by atoms with E-state index in [0.29, 0.717) is 5.69 Å². The number of nitrogen functional groups attached to an aromatic ring is 1. The van der Waals surface area contributed by atoms with Gasteiger partial charge in [-0.2, -0.15) is 0 Å². The van der Waals surface area contributed by atoms with Crippen LogP contribution in [0, 0.1) is 0 Å². The van der Waals surface area contributed by atoms with Gasteiger partial charge >= 0.3 is 0 Å². The molecule has 1 aromatic heterocycles. The molecule has 0 saturated heterocycles. The monoisotopic (exact) mass is 286 g/mol. The topological polar surface area (TPSA) is 46.3 Å². The number of hydrogen-bond donors (Lipinski definition) is 1. The Morgan fingerprint density at radius 3 is 3.05 bits per heavy atom. The fraction of sp³-hybridized carbons (Fsp3) is 0.312. The number of nitrogens with two attached hydrogens (primary N) is 1. The highest BCUT2D eigenvalue weighted by Crippen LogP contribution is 2.36. The van der Waals surface area contributed by atoms with Gasteiger partial charge in [0.2, 0.25) is 5.91 Å². The summed E-state index contributed by atoms with van der Waals surface area (Å²) in [4.78, 5) is 15.9. The quantitative estimate of drug-likeness (QED) is 0.860. The van der Waals surface area contributed by atoms with Crippen LogP contribution in [0.4, 0.5) is 11.4 Å². The molecule has 1 amide bonds. The molecule has 0 spiro atoms. The first-order valence-electron chi connectivity index (χ1n) is 6.86. The zero-order chi connectivity index (χ0) is 14.1. The number of fused-ring (bicyclic) bond motifs is 1. The predicted molar refractivity (Wildman–Crippen MR) is 84.3 cm³/mol. The minimum Gasteiger partial charge on any atom is -0.399 e. The summed E-state index contributed by atoms with van der Waals surface area (Å²) in [5.41, 5.74) is 8.56. The molecule has 1 aliphatic carbocycles. The number of amides is 1. The van der Waals surface area contributed by atoms with Crippen LogP contribution in [0.2, 0.25) is 0 Å². The van der Waals surface area contributed by atoms with Gasteiger partial charge in [-0.15, -0.1) is 11.3 Å². The Morgan fingerprint density at radius 2 is 2.25 bits per heavy atom. The molecule has 0 bridgehead atoms. The molecule has 4 heteroatoms. The van der Waals surface area contributed by atoms with Gasteiger partial charge in [0.05, 0.1) is 5.92 Å². The summed E-state index contributed by atoms with van der Waals surface area (Å²) < 4.78 is 0. The van der Waals surface area contributed by atoms with E-state index in [4.69, 9.17) is 5.73 Å². The number of thiophene rings is 1. The summed E-state index contributed by atoms with van der Waals surface area (Å²) in [5, 5.41) is 2.09. The molecule has 0 saturated carbocycles. The van der Waals surface area contributed by atoms with E-state index in [9.17, 15) is 4.79 Å². The minimum absolute atomic E-state index is 0.00330. The van der Waals surface area contributed by atoms with Gasteiger partial charge in [-0.05, 0) is 54.5 Å². The van der Waals surface area contributed by atoms with Gasteiger partial charge in [0.15, 0.2) is 0 Å². The van der Waals surface area contributed by atoms with E-state index in [1.165, 1.54) is 10.4 Å². The van der Waals surface area contributed by atoms with Crippen molar-refractivity contribution < 1.29 is 4.79 Å². The Kier molecular flexibility index (Phi) is 3.49. The van der Waals surface area contributed by atoms with Gasteiger partial charge < -0.3 is 10.6 Å². The largest absolute Gasteiger partial charge is 0.399 e. The number of carbonyl (C=O) groups is 1. The van der Waals surface area contributed by atoms with E-state index >= 15 is 0 Å². The lowest BCUT2D eigenvalue weighted by molar-refractivity contribution is -0.120. The fourth-order valence-electron chi connectivity index (χ4n) is 2.84. The van der Waals surface area contributed by atoms with Crippen molar-refractivity contribution in [2.75, 3.05) is 17.7 Å². The maximum Gasteiger partial charge on any atom is 0.234 e. The van der Waals surface area contributed by atoms with E-state index in [2.05, 4.69) is 11.4 Å². The molecule has 1 unspecified atom stereocenters. The summed E-state index contributed by atoms with van der Waals surface area (Å²) in [6.07, 6.45) is 3.14. The number of rotatable bonds is 2. The van der Waals surface area contributed by atoms with Crippen molar-refractivity contribution in [1.29, 1.82) is 0 Å². The van der Waals surface area contributed by atoms with Crippen LogP contribution in [-0.2, 0) is 11.2 Å². The molecule has 1 aliphatic rings. The Morgan fingerprint density at radius 1 is 1.40 bits per heavy atom. The standard InChI is InChI=1S/C16H18N2OS/c1-18(12-5-2-4-11(17)10-12)16(19)14-6-3-7-15-13(14)8-9-20-15/h2,4-5,8-10,14H,3,6-7,17H2,1H3. The minimum atomic E-state index is -0.00330. The molecule has 2 aromatic rings. The molecular formula is C16H18N2OS. The van der Waals surface area contributed by atoms with Crippen molar-refractivity contribution in [3.8, 4) is 0 Å². The molecule has 1 heterocycles. The maximum absolute atomic E-state index is 12.8. The molecule has 104 valence electrons. The van der Waals surface area contributed by atoms with Crippen LogP contribution in [0.15, 0.2) is 35.7 Å². The summed E-state index contributed by atoms with van der Waals surface area (Å²) >= 11 is 1.77. The number of likely N-dealkylation sites (N-methyl/N-ethyl adjacent to an activating group) is 1. The average Bonchev–Trinajstić information content (AvgIpc) is 2.94. The van der Waals surface area contributed by atoms with E-state index in [-0.39, 0.29) is 11.8 Å². The van der Waals surface area contributed by atoms with Crippen molar-refractivity contribution in [2.24, 2.45) is 0 Å². The first-order chi connectivity index (χ1) is 9.66. The lowest BCUT2D eigenvalue weighted by Crippen LogP contribution is -2.33. The summed E-state index contributed by atoms with van der Waals surface area (Å²) in [7, 11) is 1.83. The third-order valence-electron chi connectivity index (χ3n) is 3.94. The van der Waals surface area contributed by atoms with Crippen molar-refractivity contribution >= 4 is 28.6 Å². The van der Waals surface area contributed by atoms with Crippen molar-refractivity contribution in [3.63, 3.8) is 0 Å². The lowest BCUT2D eigenvalue weighted by Gasteiger charge is -2.27. The highest BCUT2D eigenvalue weighted by atomic mass is 32.1. The highest BCUT2D eigenvalue weighted by Gasteiger charge is 2.29. The van der Waals surface area contributed by atoms with Crippen LogP contribution >= 0.6 is 11.3 Å². The number of carbonyl (C=O) groups excluding carboxylic acids is 1. The first-order valence-corrected chi connectivity index (χ1v) is 7.74. The second kappa shape index (κ2) is 5.29. The Bertz CT molecular complexity index is 635. The van der Waals surface area contributed by atoms with Crippen LogP contribution in [0.3, 0.4) is 0 Å². The maximum atomic E-state index is 12.8. The summed E-state index contributed by atoms with van der Waals surface area (Å²) in [6.45, 7) is 0. The van der Waals surface area contributed by atoms with E-state index in [1.54, 1.807) is 16.2 Å². The third kappa shape index (κ3) is 2.31. The molecule has 0 fully saturated rings. The molecule has 3 nitrogen and oxygen atoms in total. The molecule has 3 rings (SSSR count). The second-order valence-corrected chi connectivity index (χ2v) is 6.24. The molecule has 1 aromatic carbocycles. The van der Waals surface area contributed by atoms with Gasteiger partial charge in [0.1, 0.15) is 0 Å². The van der Waals surface area contributed by atoms with E-state index in [1.807, 2.05) is 31.3 Å². The molecule has 2 N–H and O–H groups in total. The van der Waals surface area contributed by atoms with Crippen molar-refractivity contribution in [3.05, 3.63) is 46.2 Å². The van der Waals surface area contributed by atoms with Gasteiger partial charge in [-0.3, -0.25) is 4.79 Å². The Labute approximate surface area is 123 Å². The number of nitrogens with zero attached hydrogens (tertiary/aromatic N) is 1. The molecule has 0 aliphatic heterocycles. The van der Waals surface area contributed by atoms with E-state index in [0.717, 1.165) is 24.9 Å². The lowest BCUT2D eigenvalue weighted by atomic mass is 9.86. The Balaban J connectivity index is 1.87. The van der Waals surface area contributed by atoms with Gasteiger partial charge in [-0.25, -0.2) is 0 Å². The van der Waals surface area contributed by atoms with E-state index < -0.39 is 0 Å². The zero-order valence-electron chi connectivity index (χ0n) is 11.5. The van der Waals surface area contributed by atoms with Crippen LogP contribution in [-0.4, -0.2) is 13.0 Å². The second-order valence-electron chi connectivity index (χ2n) is 5.24. The number of hydrogen-bond acceptors (Lipinski definition) is 3. The van der Waals surface area contributed by atoms with Crippen LogP contribution in [0.1, 0.15) is 29.2 Å². The summed E-state index contributed by atoms with van der Waals surface area (Å²) in [5.74, 6) is 0.159. The smallest absolute Gasteiger partial charge is 0.234 e. The average molecular weight is 286 g/mol. The highest BCUT2D eigenvalue weighted by molar-refractivity contribution is 7.10. The van der Waals surface area contributed by atoms with Crippen LogP contribution in [0.5, 0.6) is 0 Å².